The van der Waals surface area contributed by atoms with Crippen LogP contribution in [0.15, 0.2) is 61.1 Å². The van der Waals surface area contributed by atoms with Crippen LogP contribution in [0, 0.1) is 0 Å². The largest absolute Gasteiger partial charge is 0.281 e. The maximum Gasteiger partial charge on any atom is 0.165 e. The SMILES string of the molecule is CC(C)c1cccc(C(C)C)c1-c1cn2c(n1)c1ccccc1c1nccnc12. The van der Waals surface area contributed by atoms with E-state index in [1.807, 2.05) is 6.07 Å². The molecule has 5 rings (SSSR count). The predicted molar refractivity (Wildman–Crippen MR) is 119 cm³/mol. The van der Waals surface area contributed by atoms with Gasteiger partial charge in [-0.15, -0.1) is 0 Å². The number of aromatic nitrogens is 4. The summed E-state index contributed by atoms with van der Waals surface area (Å²) < 4.78 is 2.10. The van der Waals surface area contributed by atoms with Crippen LogP contribution in [0.25, 0.3) is 38.8 Å². The van der Waals surface area contributed by atoms with E-state index in [0.29, 0.717) is 11.8 Å². The minimum absolute atomic E-state index is 0.418. The number of benzene rings is 2. The first-order valence-corrected chi connectivity index (χ1v) is 10.2. The van der Waals surface area contributed by atoms with Gasteiger partial charge in [0, 0.05) is 34.9 Å². The quantitative estimate of drug-likeness (QED) is 0.343. The summed E-state index contributed by atoms with van der Waals surface area (Å²) in [5.74, 6) is 0.837. The Labute approximate surface area is 170 Å². The second-order valence-electron chi connectivity index (χ2n) is 8.21. The molecule has 0 amide bonds. The zero-order valence-electron chi connectivity index (χ0n) is 17.2. The minimum atomic E-state index is 0.418. The summed E-state index contributed by atoms with van der Waals surface area (Å²) in [5, 5.41) is 2.18. The fourth-order valence-electron chi connectivity index (χ4n) is 4.28. The average molecular weight is 380 g/mol. The zero-order valence-corrected chi connectivity index (χ0v) is 17.2. The van der Waals surface area contributed by atoms with Crippen LogP contribution in [0.3, 0.4) is 0 Å². The predicted octanol–water partition coefficient (Wildman–Crippen LogP) is 6.34. The van der Waals surface area contributed by atoms with E-state index < -0.39 is 0 Å². The van der Waals surface area contributed by atoms with Crippen LogP contribution in [0.2, 0.25) is 0 Å². The maximum absolute atomic E-state index is 5.14. The highest BCUT2D eigenvalue weighted by Crippen LogP contribution is 2.37. The summed E-state index contributed by atoms with van der Waals surface area (Å²) in [4.78, 5) is 14.4. The van der Waals surface area contributed by atoms with E-state index in [0.717, 1.165) is 33.3 Å². The molecule has 0 saturated heterocycles. The van der Waals surface area contributed by atoms with E-state index in [1.165, 1.54) is 16.7 Å². The highest BCUT2D eigenvalue weighted by atomic mass is 15.1. The van der Waals surface area contributed by atoms with Gasteiger partial charge >= 0.3 is 0 Å². The van der Waals surface area contributed by atoms with Crippen molar-refractivity contribution in [2.24, 2.45) is 0 Å². The fourth-order valence-corrected chi connectivity index (χ4v) is 4.28. The van der Waals surface area contributed by atoms with Crippen LogP contribution in [0.5, 0.6) is 0 Å². The molecule has 29 heavy (non-hydrogen) atoms. The van der Waals surface area contributed by atoms with Gasteiger partial charge in [-0.3, -0.25) is 9.38 Å². The molecular formula is C25H24N4. The number of hydrogen-bond donors (Lipinski definition) is 0. The average Bonchev–Trinajstić information content (AvgIpc) is 3.19. The molecule has 0 spiro atoms. The van der Waals surface area contributed by atoms with Crippen LogP contribution < -0.4 is 0 Å². The molecule has 0 fully saturated rings. The van der Waals surface area contributed by atoms with E-state index in [-0.39, 0.29) is 0 Å². The highest BCUT2D eigenvalue weighted by Gasteiger charge is 2.20. The standard InChI is InChI=1S/C25H24N4/c1-15(2)17-10-7-11-18(16(3)4)22(17)21-14-29-24(28-21)20-9-6-5-8-19(20)23-25(29)27-13-12-26-23/h5-16H,1-4H3. The maximum atomic E-state index is 5.14. The van der Waals surface area contributed by atoms with Crippen LogP contribution in [-0.4, -0.2) is 19.4 Å². The highest BCUT2D eigenvalue weighted by molar-refractivity contribution is 6.09. The van der Waals surface area contributed by atoms with Gasteiger partial charge < -0.3 is 0 Å². The van der Waals surface area contributed by atoms with Crippen molar-refractivity contribution < 1.29 is 0 Å². The Kier molecular flexibility index (Phi) is 4.09. The van der Waals surface area contributed by atoms with Crippen LogP contribution >= 0.6 is 0 Å². The molecule has 2 aromatic carbocycles. The third-order valence-electron chi connectivity index (χ3n) is 5.67. The molecule has 0 atom stereocenters. The van der Waals surface area contributed by atoms with Gasteiger partial charge in [0.25, 0.3) is 0 Å². The van der Waals surface area contributed by atoms with Gasteiger partial charge in [-0.25, -0.2) is 9.97 Å². The van der Waals surface area contributed by atoms with Crippen molar-refractivity contribution >= 4 is 27.6 Å². The first-order valence-electron chi connectivity index (χ1n) is 10.2. The summed E-state index contributed by atoms with van der Waals surface area (Å²) >= 11 is 0. The molecule has 0 aliphatic rings. The smallest absolute Gasteiger partial charge is 0.165 e. The third-order valence-corrected chi connectivity index (χ3v) is 5.67. The molecule has 0 radical (unpaired) electrons. The van der Waals surface area contributed by atoms with Gasteiger partial charge in [-0.1, -0.05) is 70.2 Å². The first-order chi connectivity index (χ1) is 14.1. The third kappa shape index (κ3) is 2.70. The fraction of sp³-hybridized carbons (Fsp3) is 0.240. The molecule has 0 aliphatic heterocycles. The first kappa shape index (κ1) is 17.8. The van der Waals surface area contributed by atoms with E-state index in [9.17, 15) is 0 Å². The number of rotatable bonds is 3. The van der Waals surface area contributed by atoms with Gasteiger partial charge in [-0.05, 0) is 23.0 Å². The molecule has 0 N–H and O–H groups in total. The second kappa shape index (κ2) is 6.66. The van der Waals surface area contributed by atoms with Gasteiger partial charge in [0.05, 0.1) is 5.69 Å². The molecule has 0 aliphatic carbocycles. The van der Waals surface area contributed by atoms with E-state index in [1.54, 1.807) is 12.4 Å². The number of pyridine rings is 1. The Hall–Kier alpha value is -3.27. The van der Waals surface area contributed by atoms with Crippen LogP contribution in [-0.2, 0) is 0 Å². The molecule has 3 heterocycles. The second-order valence-corrected chi connectivity index (χ2v) is 8.21. The minimum Gasteiger partial charge on any atom is -0.281 e. The van der Waals surface area contributed by atoms with E-state index in [2.05, 4.69) is 84.7 Å². The molecule has 4 heteroatoms. The van der Waals surface area contributed by atoms with Gasteiger partial charge in [0.1, 0.15) is 11.2 Å². The topological polar surface area (TPSA) is 43.1 Å². The van der Waals surface area contributed by atoms with Crippen molar-refractivity contribution in [3.05, 3.63) is 72.2 Å². The zero-order chi connectivity index (χ0) is 20.1. The van der Waals surface area contributed by atoms with Gasteiger partial charge in [0.15, 0.2) is 5.65 Å². The molecule has 144 valence electrons. The van der Waals surface area contributed by atoms with Crippen LogP contribution in [0.4, 0.5) is 0 Å². The summed E-state index contributed by atoms with van der Waals surface area (Å²) in [6.07, 6.45) is 5.63. The number of hydrogen-bond acceptors (Lipinski definition) is 3. The van der Waals surface area contributed by atoms with Crippen molar-refractivity contribution in [2.45, 2.75) is 39.5 Å². The van der Waals surface area contributed by atoms with Crippen molar-refractivity contribution in [3.63, 3.8) is 0 Å². The Morgan fingerprint density at radius 1 is 0.724 bits per heavy atom. The lowest BCUT2D eigenvalue weighted by molar-refractivity contribution is 0.837. The van der Waals surface area contributed by atoms with Crippen molar-refractivity contribution in [1.29, 1.82) is 0 Å². The molecule has 3 aromatic heterocycles. The Bertz CT molecular complexity index is 1260. The lowest BCUT2D eigenvalue weighted by Crippen LogP contribution is -1.99. The van der Waals surface area contributed by atoms with Crippen LogP contribution in [0.1, 0.15) is 50.7 Å². The Morgan fingerprint density at radius 2 is 1.38 bits per heavy atom. The number of fused-ring (bicyclic) bond motifs is 6. The lowest BCUT2D eigenvalue weighted by Gasteiger charge is -2.18. The molecule has 5 aromatic rings. The summed E-state index contributed by atoms with van der Waals surface area (Å²) in [6, 6.07) is 14.9. The molecule has 4 nitrogen and oxygen atoms in total. The summed E-state index contributed by atoms with van der Waals surface area (Å²) in [7, 11) is 0. The van der Waals surface area contributed by atoms with Crippen molar-refractivity contribution in [2.75, 3.05) is 0 Å². The summed E-state index contributed by atoms with van der Waals surface area (Å²) in [6.45, 7) is 8.98. The molecule has 0 saturated carbocycles. The monoisotopic (exact) mass is 380 g/mol. The Morgan fingerprint density at radius 3 is 2.07 bits per heavy atom. The molecular weight excluding hydrogens is 356 g/mol. The van der Waals surface area contributed by atoms with Crippen molar-refractivity contribution in [1.82, 2.24) is 19.4 Å². The van der Waals surface area contributed by atoms with E-state index in [4.69, 9.17) is 4.98 Å². The molecule has 0 bridgehead atoms. The van der Waals surface area contributed by atoms with Gasteiger partial charge in [0.2, 0.25) is 0 Å². The number of nitrogens with zero attached hydrogens (tertiary/aromatic N) is 4. The van der Waals surface area contributed by atoms with E-state index >= 15 is 0 Å². The summed E-state index contributed by atoms with van der Waals surface area (Å²) in [5.41, 5.74) is 7.59. The van der Waals surface area contributed by atoms with Crippen molar-refractivity contribution in [3.8, 4) is 11.3 Å². The lowest BCUT2D eigenvalue weighted by atomic mass is 9.87. The van der Waals surface area contributed by atoms with Gasteiger partial charge in [-0.2, -0.15) is 0 Å². The molecule has 0 unspecified atom stereocenters. The normalized spacial score (nSPS) is 12.1. The number of imidazole rings is 1. The Balaban J connectivity index is 1.93.